The van der Waals surface area contributed by atoms with Gasteiger partial charge >= 0.3 is 0 Å². The van der Waals surface area contributed by atoms with Crippen molar-refractivity contribution in [2.75, 3.05) is 6.54 Å². The molecule has 0 saturated heterocycles. The number of nitrogens with zero attached hydrogens (tertiary/aromatic N) is 1. The molecular weight excluding hydrogens is 228 g/mol. The van der Waals surface area contributed by atoms with Gasteiger partial charge in [0.15, 0.2) is 0 Å². The predicted molar refractivity (Wildman–Crippen MR) is 74.5 cm³/mol. The molecule has 1 saturated carbocycles. The maximum Gasteiger partial charge on any atom is 0.0959 e. The lowest BCUT2D eigenvalue weighted by atomic mass is 9.83. The van der Waals surface area contributed by atoms with Crippen LogP contribution in [0.4, 0.5) is 0 Å². The molecule has 0 aromatic carbocycles. The fourth-order valence-corrected chi connectivity index (χ4v) is 3.54. The molecular formula is C14H24N2S. The van der Waals surface area contributed by atoms with Gasteiger partial charge in [-0.25, -0.2) is 4.98 Å². The van der Waals surface area contributed by atoms with E-state index in [1.165, 1.54) is 42.0 Å². The molecule has 0 bridgehead atoms. The van der Waals surface area contributed by atoms with Gasteiger partial charge in [0, 0.05) is 23.5 Å². The van der Waals surface area contributed by atoms with Crippen LogP contribution in [0.15, 0.2) is 6.20 Å². The molecule has 1 N–H and O–H groups in total. The highest BCUT2D eigenvalue weighted by Gasteiger charge is 2.21. The topological polar surface area (TPSA) is 24.9 Å². The molecule has 1 aromatic heterocycles. The second kappa shape index (κ2) is 6.50. The molecule has 17 heavy (non-hydrogen) atoms. The number of thiazole rings is 1. The van der Waals surface area contributed by atoms with Gasteiger partial charge in [-0.1, -0.05) is 26.7 Å². The Labute approximate surface area is 109 Å². The predicted octanol–water partition coefficient (Wildman–Crippen LogP) is 3.94. The lowest BCUT2D eigenvalue weighted by Gasteiger charge is -2.24. The molecule has 2 nitrogen and oxygen atoms in total. The van der Waals surface area contributed by atoms with E-state index in [4.69, 9.17) is 0 Å². The number of rotatable bonds is 5. The maximum absolute atomic E-state index is 4.62. The molecule has 1 heterocycles. The summed E-state index contributed by atoms with van der Waals surface area (Å²) in [6, 6.07) is 0. The first-order valence-corrected chi connectivity index (χ1v) is 7.76. The Balaban J connectivity index is 1.85. The Hall–Kier alpha value is -0.410. The fourth-order valence-electron chi connectivity index (χ4n) is 2.49. The highest BCUT2D eigenvalue weighted by molar-refractivity contribution is 7.11. The zero-order valence-electron chi connectivity index (χ0n) is 11.0. The minimum atomic E-state index is 0.746. The van der Waals surface area contributed by atoms with Gasteiger partial charge in [0.25, 0.3) is 0 Å². The average molecular weight is 252 g/mol. The summed E-state index contributed by atoms with van der Waals surface area (Å²) in [7, 11) is 0. The first-order valence-electron chi connectivity index (χ1n) is 6.95. The molecule has 0 atom stereocenters. The summed E-state index contributed by atoms with van der Waals surface area (Å²) in [6.07, 6.45) is 8.72. The van der Waals surface area contributed by atoms with E-state index in [0.717, 1.165) is 24.9 Å². The molecule has 0 radical (unpaired) electrons. The van der Waals surface area contributed by atoms with Gasteiger partial charge in [-0.05, 0) is 31.7 Å². The van der Waals surface area contributed by atoms with Crippen LogP contribution in [0.2, 0.25) is 0 Å². The third-order valence-corrected chi connectivity index (χ3v) is 4.82. The van der Waals surface area contributed by atoms with E-state index in [2.05, 4.69) is 30.3 Å². The molecule has 96 valence electrons. The van der Waals surface area contributed by atoms with E-state index in [0.29, 0.717) is 0 Å². The van der Waals surface area contributed by atoms with Gasteiger partial charge in [-0.2, -0.15) is 0 Å². The van der Waals surface area contributed by atoms with Crippen molar-refractivity contribution in [1.29, 1.82) is 0 Å². The smallest absolute Gasteiger partial charge is 0.0959 e. The lowest BCUT2D eigenvalue weighted by Crippen LogP contribution is -2.12. The van der Waals surface area contributed by atoms with Crippen LogP contribution >= 0.6 is 11.3 Å². The van der Waals surface area contributed by atoms with E-state index in [-0.39, 0.29) is 0 Å². The van der Waals surface area contributed by atoms with Gasteiger partial charge < -0.3 is 5.32 Å². The monoisotopic (exact) mass is 252 g/mol. The molecule has 3 heteroatoms. The summed E-state index contributed by atoms with van der Waals surface area (Å²) in [5.74, 6) is 1.67. The Morgan fingerprint density at radius 2 is 2.12 bits per heavy atom. The van der Waals surface area contributed by atoms with Crippen LogP contribution in [0.3, 0.4) is 0 Å². The van der Waals surface area contributed by atoms with Crippen molar-refractivity contribution in [3.63, 3.8) is 0 Å². The average Bonchev–Trinajstić information content (AvgIpc) is 2.79. The minimum absolute atomic E-state index is 0.746. The summed E-state index contributed by atoms with van der Waals surface area (Å²) in [5, 5.41) is 4.82. The summed E-state index contributed by atoms with van der Waals surface area (Å²) in [5.41, 5.74) is 0. The van der Waals surface area contributed by atoms with E-state index < -0.39 is 0 Å². The summed E-state index contributed by atoms with van der Waals surface area (Å²) in [6.45, 7) is 6.68. The number of nitrogens with one attached hydrogen (secondary N) is 1. The van der Waals surface area contributed by atoms with E-state index in [1.807, 2.05) is 11.3 Å². The lowest BCUT2D eigenvalue weighted by molar-refractivity contribution is 0.347. The summed E-state index contributed by atoms with van der Waals surface area (Å²) < 4.78 is 0. The van der Waals surface area contributed by atoms with E-state index in [9.17, 15) is 0 Å². The highest BCUT2D eigenvalue weighted by atomic mass is 32.1. The van der Waals surface area contributed by atoms with E-state index in [1.54, 1.807) is 0 Å². The molecule has 1 aliphatic carbocycles. The van der Waals surface area contributed by atoms with Crippen LogP contribution in [0.1, 0.15) is 61.8 Å². The van der Waals surface area contributed by atoms with Gasteiger partial charge in [-0.3, -0.25) is 0 Å². The van der Waals surface area contributed by atoms with Crippen LogP contribution in [0.25, 0.3) is 0 Å². The second-order valence-electron chi connectivity index (χ2n) is 5.30. The molecule has 0 spiro atoms. The first kappa shape index (κ1) is 13.0. The quantitative estimate of drug-likeness (QED) is 0.803. The first-order chi connectivity index (χ1) is 8.29. The fraction of sp³-hybridized carbons (Fsp3) is 0.786. The molecule has 2 rings (SSSR count). The second-order valence-corrected chi connectivity index (χ2v) is 6.45. The molecule has 1 fully saturated rings. The van der Waals surface area contributed by atoms with Gasteiger partial charge in [0.1, 0.15) is 0 Å². The van der Waals surface area contributed by atoms with Crippen LogP contribution in [-0.4, -0.2) is 11.5 Å². The Bertz CT molecular complexity index is 327. The van der Waals surface area contributed by atoms with Gasteiger partial charge in [-0.15, -0.1) is 11.3 Å². The molecule has 0 aliphatic heterocycles. The van der Waals surface area contributed by atoms with Crippen LogP contribution in [0.5, 0.6) is 0 Å². The third-order valence-electron chi connectivity index (χ3n) is 3.66. The van der Waals surface area contributed by atoms with Crippen molar-refractivity contribution < 1.29 is 0 Å². The molecule has 0 unspecified atom stereocenters. The van der Waals surface area contributed by atoms with Crippen molar-refractivity contribution in [3.8, 4) is 0 Å². The molecule has 1 aliphatic rings. The highest BCUT2D eigenvalue weighted by Crippen LogP contribution is 2.37. The Kier molecular flexibility index (Phi) is 4.99. The largest absolute Gasteiger partial charge is 0.312 e. The van der Waals surface area contributed by atoms with Crippen molar-refractivity contribution in [3.05, 3.63) is 16.1 Å². The maximum atomic E-state index is 4.62. The zero-order valence-corrected chi connectivity index (χ0v) is 11.9. The number of hydrogen-bond acceptors (Lipinski definition) is 3. The van der Waals surface area contributed by atoms with Crippen molar-refractivity contribution in [1.82, 2.24) is 10.3 Å². The van der Waals surface area contributed by atoms with Crippen LogP contribution in [0, 0.1) is 5.92 Å². The zero-order chi connectivity index (χ0) is 12.1. The third kappa shape index (κ3) is 3.78. The van der Waals surface area contributed by atoms with Gasteiger partial charge in [0.05, 0.1) is 5.01 Å². The molecule has 1 aromatic rings. The van der Waals surface area contributed by atoms with Crippen molar-refractivity contribution in [2.45, 2.75) is 58.4 Å². The standard InChI is InChI=1S/C14H24N2S/c1-3-8-15-9-13-10-16-14(17-13)12-6-4-11(2)5-7-12/h10-12,15H,3-9H2,1-2H3. The Morgan fingerprint density at radius 3 is 2.82 bits per heavy atom. The van der Waals surface area contributed by atoms with Gasteiger partial charge in [0.2, 0.25) is 0 Å². The number of hydrogen-bond donors (Lipinski definition) is 1. The van der Waals surface area contributed by atoms with Crippen molar-refractivity contribution >= 4 is 11.3 Å². The minimum Gasteiger partial charge on any atom is -0.312 e. The molecule has 0 amide bonds. The van der Waals surface area contributed by atoms with Crippen LogP contribution < -0.4 is 5.32 Å². The van der Waals surface area contributed by atoms with Crippen LogP contribution in [-0.2, 0) is 6.54 Å². The van der Waals surface area contributed by atoms with Crippen molar-refractivity contribution in [2.24, 2.45) is 5.92 Å². The number of aromatic nitrogens is 1. The summed E-state index contributed by atoms with van der Waals surface area (Å²) >= 11 is 1.92. The Morgan fingerprint density at radius 1 is 1.35 bits per heavy atom. The normalized spacial score (nSPS) is 25.1. The summed E-state index contributed by atoms with van der Waals surface area (Å²) in [4.78, 5) is 6.02. The SMILES string of the molecule is CCCNCc1cnc(C2CCC(C)CC2)s1. The van der Waals surface area contributed by atoms with E-state index >= 15 is 0 Å².